The molecule has 1 saturated heterocycles. The summed E-state index contributed by atoms with van der Waals surface area (Å²) >= 11 is 0. The first-order valence-corrected chi connectivity index (χ1v) is 5.24. The molecular formula is C11H23N2O. The summed E-state index contributed by atoms with van der Waals surface area (Å²) in [7, 11) is 3.76. The fourth-order valence-electron chi connectivity index (χ4n) is 2.76. The standard InChI is InChI=1S/C11H23N2O/c1-9(2)7-11(14,13(5)6)8-10(3,4)12-9/h12H,7-8H2,1-6H3. The quantitative estimate of drug-likeness (QED) is 0.651. The van der Waals surface area contributed by atoms with Crippen molar-refractivity contribution in [2.24, 2.45) is 0 Å². The summed E-state index contributed by atoms with van der Waals surface area (Å²) in [4.78, 5) is 1.82. The Morgan fingerprint density at radius 1 is 1.00 bits per heavy atom. The molecule has 0 bridgehead atoms. The molecule has 1 rings (SSSR count). The Balaban J connectivity index is 2.92. The van der Waals surface area contributed by atoms with Crippen molar-refractivity contribution >= 4 is 0 Å². The molecular weight excluding hydrogens is 176 g/mol. The van der Waals surface area contributed by atoms with E-state index in [2.05, 4.69) is 33.0 Å². The van der Waals surface area contributed by atoms with Crippen LogP contribution in [0.25, 0.3) is 0 Å². The van der Waals surface area contributed by atoms with Gasteiger partial charge < -0.3 is 5.32 Å². The molecule has 0 unspecified atom stereocenters. The lowest BCUT2D eigenvalue weighted by atomic mass is 9.77. The lowest BCUT2D eigenvalue weighted by Crippen LogP contribution is -2.66. The fourth-order valence-corrected chi connectivity index (χ4v) is 2.76. The summed E-state index contributed by atoms with van der Waals surface area (Å²) < 4.78 is 0. The van der Waals surface area contributed by atoms with Gasteiger partial charge in [-0.3, -0.25) is 4.90 Å². The third-order valence-corrected chi connectivity index (χ3v) is 2.93. The summed E-state index contributed by atoms with van der Waals surface area (Å²) in [5.74, 6) is 0. The number of piperidine rings is 1. The van der Waals surface area contributed by atoms with Crippen LogP contribution in [0.15, 0.2) is 0 Å². The van der Waals surface area contributed by atoms with Crippen molar-refractivity contribution in [3.8, 4) is 0 Å². The predicted molar refractivity (Wildman–Crippen MR) is 57.6 cm³/mol. The Morgan fingerprint density at radius 2 is 1.36 bits per heavy atom. The topological polar surface area (TPSA) is 35.2 Å². The molecule has 1 N–H and O–H groups in total. The Labute approximate surface area is 87.5 Å². The Hall–Kier alpha value is -0.120. The van der Waals surface area contributed by atoms with Gasteiger partial charge in [-0.25, -0.2) is 5.11 Å². The van der Waals surface area contributed by atoms with Crippen molar-refractivity contribution in [3.05, 3.63) is 0 Å². The van der Waals surface area contributed by atoms with Crippen LogP contribution in [0, 0.1) is 0 Å². The van der Waals surface area contributed by atoms with E-state index in [9.17, 15) is 5.11 Å². The van der Waals surface area contributed by atoms with E-state index in [1.807, 2.05) is 19.0 Å². The normalized spacial score (nSPS) is 29.1. The molecule has 0 atom stereocenters. The first-order chi connectivity index (χ1) is 6.06. The highest BCUT2D eigenvalue weighted by atomic mass is 16.3. The van der Waals surface area contributed by atoms with E-state index in [0.29, 0.717) is 12.8 Å². The fraction of sp³-hybridized carbons (Fsp3) is 1.00. The van der Waals surface area contributed by atoms with Gasteiger partial charge in [-0.05, 0) is 41.8 Å². The first-order valence-electron chi connectivity index (χ1n) is 5.24. The minimum atomic E-state index is -0.932. The van der Waals surface area contributed by atoms with Gasteiger partial charge in [0.1, 0.15) is 0 Å². The molecule has 14 heavy (non-hydrogen) atoms. The molecule has 1 fully saturated rings. The number of nitrogens with one attached hydrogen (secondary N) is 1. The molecule has 3 heteroatoms. The molecule has 0 spiro atoms. The van der Waals surface area contributed by atoms with Crippen LogP contribution in [0.5, 0.6) is 0 Å². The zero-order chi connectivity index (χ0) is 11.2. The lowest BCUT2D eigenvalue weighted by molar-refractivity contribution is -0.186. The maximum atomic E-state index is 12.5. The third-order valence-electron chi connectivity index (χ3n) is 2.93. The first kappa shape index (κ1) is 12.0. The molecule has 1 aliphatic rings. The SMILES string of the molecule is CN(C)C1([O])CC(C)(C)NC(C)(C)C1. The summed E-state index contributed by atoms with van der Waals surface area (Å²) in [5.41, 5.74) is -1.08. The monoisotopic (exact) mass is 199 g/mol. The highest BCUT2D eigenvalue weighted by Gasteiger charge is 2.48. The van der Waals surface area contributed by atoms with E-state index in [-0.39, 0.29) is 11.1 Å². The Bertz CT molecular complexity index is 205. The van der Waals surface area contributed by atoms with Gasteiger partial charge in [0.05, 0.1) is 0 Å². The summed E-state index contributed by atoms with van der Waals surface area (Å²) in [6, 6.07) is 0. The molecule has 0 aromatic heterocycles. The number of nitrogens with zero attached hydrogens (tertiary/aromatic N) is 1. The minimum absolute atomic E-state index is 0.0756. The summed E-state index contributed by atoms with van der Waals surface area (Å²) in [5, 5.41) is 16.1. The average molecular weight is 199 g/mol. The van der Waals surface area contributed by atoms with Gasteiger partial charge in [-0.2, -0.15) is 0 Å². The van der Waals surface area contributed by atoms with Gasteiger partial charge in [0.15, 0.2) is 5.72 Å². The maximum absolute atomic E-state index is 12.5. The number of rotatable bonds is 1. The van der Waals surface area contributed by atoms with Gasteiger partial charge in [-0.1, -0.05) is 0 Å². The second kappa shape index (κ2) is 3.19. The zero-order valence-electron chi connectivity index (χ0n) is 10.3. The van der Waals surface area contributed by atoms with Gasteiger partial charge in [0.25, 0.3) is 0 Å². The predicted octanol–water partition coefficient (Wildman–Crippen LogP) is 1.62. The van der Waals surface area contributed by atoms with E-state index in [0.717, 1.165) is 0 Å². The van der Waals surface area contributed by atoms with Crippen molar-refractivity contribution in [1.82, 2.24) is 10.2 Å². The van der Waals surface area contributed by atoms with Crippen molar-refractivity contribution in [2.75, 3.05) is 14.1 Å². The molecule has 0 aromatic rings. The van der Waals surface area contributed by atoms with E-state index in [1.54, 1.807) is 0 Å². The van der Waals surface area contributed by atoms with Gasteiger partial charge in [0, 0.05) is 23.9 Å². The number of hydrogen-bond donors (Lipinski definition) is 1. The van der Waals surface area contributed by atoms with Gasteiger partial charge in [-0.15, -0.1) is 0 Å². The van der Waals surface area contributed by atoms with Crippen LogP contribution in [-0.2, 0) is 5.11 Å². The molecule has 0 amide bonds. The van der Waals surface area contributed by atoms with Crippen LogP contribution >= 0.6 is 0 Å². The minimum Gasteiger partial charge on any atom is -0.307 e. The highest BCUT2D eigenvalue weighted by molar-refractivity contribution is 5.02. The van der Waals surface area contributed by atoms with Crippen molar-refractivity contribution < 1.29 is 5.11 Å². The van der Waals surface area contributed by atoms with Crippen molar-refractivity contribution in [3.63, 3.8) is 0 Å². The average Bonchev–Trinajstić information content (AvgIpc) is 1.76. The van der Waals surface area contributed by atoms with E-state index in [1.165, 1.54) is 0 Å². The van der Waals surface area contributed by atoms with Crippen LogP contribution < -0.4 is 5.32 Å². The van der Waals surface area contributed by atoms with Crippen LogP contribution in [0.2, 0.25) is 0 Å². The molecule has 1 radical (unpaired) electrons. The van der Waals surface area contributed by atoms with Crippen LogP contribution in [0.4, 0.5) is 0 Å². The second-order valence-corrected chi connectivity index (χ2v) is 6.09. The molecule has 83 valence electrons. The highest BCUT2D eigenvalue weighted by Crippen LogP contribution is 2.37. The van der Waals surface area contributed by atoms with Crippen LogP contribution in [0.1, 0.15) is 40.5 Å². The van der Waals surface area contributed by atoms with Crippen molar-refractivity contribution in [1.29, 1.82) is 0 Å². The third kappa shape index (κ3) is 2.47. The van der Waals surface area contributed by atoms with Crippen molar-refractivity contribution in [2.45, 2.75) is 57.3 Å². The van der Waals surface area contributed by atoms with Crippen LogP contribution in [-0.4, -0.2) is 35.8 Å². The summed E-state index contributed by atoms with van der Waals surface area (Å²) in [6.45, 7) is 8.40. The molecule has 0 aliphatic carbocycles. The molecule has 1 aliphatic heterocycles. The molecule has 0 aromatic carbocycles. The molecule has 1 heterocycles. The van der Waals surface area contributed by atoms with E-state index in [4.69, 9.17) is 0 Å². The maximum Gasteiger partial charge on any atom is 0.159 e. The van der Waals surface area contributed by atoms with Gasteiger partial charge >= 0.3 is 0 Å². The zero-order valence-corrected chi connectivity index (χ0v) is 10.3. The summed E-state index contributed by atoms with van der Waals surface area (Å²) in [6.07, 6.45) is 1.30. The Kier molecular flexibility index (Phi) is 2.72. The van der Waals surface area contributed by atoms with E-state index < -0.39 is 5.72 Å². The largest absolute Gasteiger partial charge is 0.307 e. The van der Waals surface area contributed by atoms with Gasteiger partial charge in [0.2, 0.25) is 0 Å². The molecule has 0 saturated carbocycles. The lowest BCUT2D eigenvalue weighted by Gasteiger charge is -2.51. The molecule has 3 nitrogen and oxygen atoms in total. The van der Waals surface area contributed by atoms with Crippen LogP contribution in [0.3, 0.4) is 0 Å². The van der Waals surface area contributed by atoms with E-state index >= 15 is 0 Å². The number of hydrogen-bond acceptors (Lipinski definition) is 2. The Morgan fingerprint density at radius 3 is 1.64 bits per heavy atom. The second-order valence-electron chi connectivity index (χ2n) is 6.09. The smallest absolute Gasteiger partial charge is 0.159 e.